The van der Waals surface area contributed by atoms with Crippen LogP contribution in [0.3, 0.4) is 0 Å². The molecule has 2 amide bonds. The number of nitrogens with one attached hydrogen (secondary N) is 2. The Morgan fingerprint density at radius 3 is 2.64 bits per heavy atom. The molecule has 0 unspecified atom stereocenters. The predicted molar refractivity (Wildman–Crippen MR) is 102 cm³/mol. The van der Waals surface area contributed by atoms with Crippen LogP contribution in [0.1, 0.15) is 48.9 Å². The lowest BCUT2D eigenvalue weighted by molar-refractivity contribution is -0.123. The molecule has 0 bridgehead atoms. The Bertz CT molecular complexity index is 574. The van der Waals surface area contributed by atoms with Crippen LogP contribution in [-0.4, -0.2) is 43.0 Å². The molecule has 0 aromatic heterocycles. The zero-order valence-corrected chi connectivity index (χ0v) is 15.9. The van der Waals surface area contributed by atoms with E-state index in [-0.39, 0.29) is 17.9 Å². The van der Waals surface area contributed by atoms with Crippen molar-refractivity contribution in [3.8, 4) is 5.75 Å². The molecule has 1 fully saturated rings. The summed E-state index contributed by atoms with van der Waals surface area (Å²) in [4.78, 5) is 25.3. The van der Waals surface area contributed by atoms with Crippen molar-refractivity contribution in [1.82, 2.24) is 10.6 Å². The minimum atomic E-state index is -0.521. The van der Waals surface area contributed by atoms with Gasteiger partial charge in [0.05, 0.1) is 12.7 Å². The first-order chi connectivity index (χ1) is 12.2. The highest BCUT2D eigenvalue weighted by atomic mass is 32.2. The summed E-state index contributed by atoms with van der Waals surface area (Å²) in [6.07, 6.45) is 8.23. The number of ether oxygens (including phenoxy) is 1. The number of amides is 2. The van der Waals surface area contributed by atoms with Crippen LogP contribution in [0.2, 0.25) is 0 Å². The molecule has 0 spiro atoms. The molecular formula is C19H28N2O3S. The monoisotopic (exact) mass is 364 g/mol. The van der Waals surface area contributed by atoms with Crippen molar-refractivity contribution in [2.75, 3.05) is 19.1 Å². The van der Waals surface area contributed by atoms with Crippen LogP contribution >= 0.6 is 11.8 Å². The standard InChI is InChI=1S/C19H28N2O3S/c1-24-17-11-7-6-10-15(17)18(22)21-16(12-13-25-2)19(23)20-14-8-4-3-5-9-14/h6-7,10-11,14,16H,3-5,8-9,12-13H2,1-2H3,(H,20,23)(H,21,22)/t16-/m0/s1. The molecule has 0 aliphatic heterocycles. The third-order valence-corrected chi connectivity index (χ3v) is 5.18. The van der Waals surface area contributed by atoms with Gasteiger partial charge in [0.25, 0.3) is 5.91 Å². The van der Waals surface area contributed by atoms with Crippen molar-refractivity contribution in [2.24, 2.45) is 0 Å². The fourth-order valence-corrected chi connectivity index (χ4v) is 3.59. The highest BCUT2D eigenvalue weighted by molar-refractivity contribution is 7.98. The first-order valence-corrected chi connectivity index (χ1v) is 10.3. The first kappa shape index (κ1) is 19.6. The summed E-state index contributed by atoms with van der Waals surface area (Å²) >= 11 is 1.67. The Labute approximate surface area is 154 Å². The van der Waals surface area contributed by atoms with Crippen LogP contribution in [0.25, 0.3) is 0 Å². The van der Waals surface area contributed by atoms with Crippen LogP contribution in [0.5, 0.6) is 5.75 Å². The predicted octanol–water partition coefficient (Wildman–Crippen LogP) is 3.00. The third-order valence-electron chi connectivity index (χ3n) is 4.54. The number of thioether (sulfide) groups is 1. The number of rotatable bonds is 8. The van der Waals surface area contributed by atoms with Gasteiger partial charge in [-0.25, -0.2) is 0 Å². The third kappa shape index (κ3) is 5.96. The van der Waals surface area contributed by atoms with E-state index in [1.165, 1.54) is 13.5 Å². The maximum atomic E-state index is 12.7. The number of carbonyl (C=O) groups excluding carboxylic acids is 2. The number of para-hydroxylation sites is 1. The smallest absolute Gasteiger partial charge is 0.255 e. The van der Waals surface area contributed by atoms with E-state index in [9.17, 15) is 9.59 Å². The molecule has 1 aliphatic carbocycles. The first-order valence-electron chi connectivity index (χ1n) is 8.89. The molecule has 2 rings (SSSR count). The molecule has 1 atom stereocenters. The Morgan fingerprint density at radius 2 is 1.96 bits per heavy atom. The van der Waals surface area contributed by atoms with E-state index in [4.69, 9.17) is 4.74 Å². The fraction of sp³-hybridized carbons (Fsp3) is 0.579. The van der Waals surface area contributed by atoms with Crippen molar-refractivity contribution in [3.05, 3.63) is 29.8 Å². The van der Waals surface area contributed by atoms with Gasteiger partial charge in [0.1, 0.15) is 11.8 Å². The summed E-state index contributed by atoms with van der Waals surface area (Å²) in [5.74, 6) is 0.970. The SMILES string of the molecule is COc1ccccc1C(=O)N[C@@H](CCSC)C(=O)NC1CCCCC1. The number of benzene rings is 1. The Hall–Kier alpha value is -1.69. The van der Waals surface area contributed by atoms with E-state index in [0.717, 1.165) is 31.4 Å². The highest BCUT2D eigenvalue weighted by Gasteiger charge is 2.25. The molecule has 138 valence electrons. The summed E-state index contributed by atoms with van der Waals surface area (Å²) < 4.78 is 5.25. The molecular weight excluding hydrogens is 336 g/mol. The molecule has 1 aliphatic rings. The van der Waals surface area contributed by atoms with Crippen molar-refractivity contribution in [2.45, 2.75) is 50.6 Å². The molecule has 2 N–H and O–H groups in total. The molecule has 1 aromatic rings. The quantitative estimate of drug-likeness (QED) is 0.744. The minimum Gasteiger partial charge on any atom is -0.496 e. The molecule has 1 saturated carbocycles. The largest absolute Gasteiger partial charge is 0.496 e. The zero-order chi connectivity index (χ0) is 18.1. The van der Waals surface area contributed by atoms with E-state index < -0.39 is 6.04 Å². The maximum absolute atomic E-state index is 12.7. The van der Waals surface area contributed by atoms with Gasteiger partial charge in [-0.1, -0.05) is 31.4 Å². The topological polar surface area (TPSA) is 67.4 Å². The van der Waals surface area contributed by atoms with Gasteiger partial charge in [-0.05, 0) is 43.4 Å². The second-order valence-electron chi connectivity index (χ2n) is 6.35. The average Bonchev–Trinajstić information content (AvgIpc) is 2.65. The maximum Gasteiger partial charge on any atom is 0.255 e. The van der Waals surface area contributed by atoms with Crippen molar-refractivity contribution < 1.29 is 14.3 Å². The van der Waals surface area contributed by atoms with Gasteiger partial charge in [-0.3, -0.25) is 9.59 Å². The van der Waals surface area contributed by atoms with Gasteiger partial charge in [-0.2, -0.15) is 11.8 Å². The number of hydrogen-bond donors (Lipinski definition) is 2. The number of carbonyl (C=O) groups is 2. The fourth-order valence-electron chi connectivity index (χ4n) is 3.12. The Kier molecular flexibility index (Phi) is 8.12. The van der Waals surface area contributed by atoms with Gasteiger partial charge in [0.2, 0.25) is 5.91 Å². The lowest BCUT2D eigenvalue weighted by Gasteiger charge is -2.26. The van der Waals surface area contributed by atoms with Crippen LogP contribution in [0.15, 0.2) is 24.3 Å². The number of methoxy groups -OCH3 is 1. The zero-order valence-electron chi connectivity index (χ0n) is 15.0. The van der Waals surface area contributed by atoms with Crippen molar-refractivity contribution >= 4 is 23.6 Å². The van der Waals surface area contributed by atoms with Gasteiger partial charge < -0.3 is 15.4 Å². The lowest BCUT2D eigenvalue weighted by atomic mass is 9.95. The lowest BCUT2D eigenvalue weighted by Crippen LogP contribution is -2.50. The Balaban J connectivity index is 2.02. The van der Waals surface area contributed by atoms with Crippen LogP contribution in [0, 0.1) is 0 Å². The molecule has 5 nitrogen and oxygen atoms in total. The molecule has 0 radical (unpaired) electrons. The van der Waals surface area contributed by atoms with Crippen LogP contribution in [-0.2, 0) is 4.79 Å². The van der Waals surface area contributed by atoms with Crippen molar-refractivity contribution in [3.63, 3.8) is 0 Å². The number of hydrogen-bond acceptors (Lipinski definition) is 4. The summed E-state index contributed by atoms with van der Waals surface area (Å²) in [5, 5.41) is 6.01. The van der Waals surface area contributed by atoms with Crippen LogP contribution in [0.4, 0.5) is 0 Å². The highest BCUT2D eigenvalue weighted by Crippen LogP contribution is 2.19. The summed E-state index contributed by atoms with van der Waals surface area (Å²) in [6.45, 7) is 0. The van der Waals surface area contributed by atoms with E-state index in [2.05, 4.69) is 10.6 Å². The molecule has 25 heavy (non-hydrogen) atoms. The van der Waals surface area contributed by atoms with Gasteiger partial charge in [0.15, 0.2) is 0 Å². The van der Waals surface area contributed by atoms with Crippen LogP contribution < -0.4 is 15.4 Å². The van der Waals surface area contributed by atoms with E-state index in [1.807, 2.05) is 12.3 Å². The second kappa shape index (κ2) is 10.3. The van der Waals surface area contributed by atoms with Gasteiger partial charge in [0, 0.05) is 6.04 Å². The minimum absolute atomic E-state index is 0.0794. The normalized spacial score (nSPS) is 16.1. The van der Waals surface area contributed by atoms with Gasteiger partial charge in [-0.15, -0.1) is 0 Å². The Morgan fingerprint density at radius 1 is 1.24 bits per heavy atom. The summed E-state index contributed by atoms with van der Waals surface area (Å²) in [6, 6.07) is 6.77. The van der Waals surface area contributed by atoms with Gasteiger partial charge >= 0.3 is 0 Å². The van der Waals surface area contributed by atoms with E-state index >= 15 is 0 Å². The van der Waals surface area contributed by atoms with E-state index in [1.54, 1.807) is 30.0 Å². The summed E-state index contributed by atoms with van der Waals surface area (Å²) in [7, 11) is 1.53. The molecule has 1 aromatic carbocycles. The second-order valence-corrected chi connectivity index (χ2v) is 7.34. The molecule has 0 heterocycles. The average molecular weight is 365 g/mol. The summed E-state index contributed by atoms with van der Waals surface area (Å²) in [5.41, 5.74) is 0.449. The molecule has 6 heteroatoms. The van der Waals surface area contributed by atoms with E-state index in [0.29, 0.717) is 17.7 Å². The molecule has 0 saturated heterocycles. The van der Waals surface area contributed by atoms with Crippen molar-refractivity contribution in [1.29, 1.82) is 0 Å².